The average Bonchev–Trinajstić information content (AvgIpc) is 2.46. The van der Waals surface area contributed by atoms with E-state index >= 15 is 0 Å². The molecule has 0 saturated heterocycles. The second-order valence-electron chi connectivity index (χ2n) is 6.25. The van der Waals surface area contributed by atoms with Crippen LogP contribution in [-0.2, 0) is 5.41 Å². The lowest BCUT2D eigenvalue weighted by Crippen LogP contribution is -2.11. The van der Waals surface area contributed by atoms with E-state index in [9.17, 15) is 14.9 Å². The first kappa shape index (κ1) is 16.5. The number of anilines is 2. The number of nitrogens with one attached hydrogen (secondary N) is 1. The van der Waals surface area contributed by atoms with Crippen LogP contribution in [0.2, 0.25) is 0 Å². The van der Waals surface area contributed by atoms with Gasteiger partial charge in [0.15, 0.2) is 0 Å². The number of carbonyl (C=O) groups is 1. The molecular formula is C17H18N2O4. The van der Waals surface area contributed by atoms with E-state index in [1.165, 1.54) is 12.1 Å². The summed E-state index contributed by atoms with van der Waals surface area (Å²) in [4.78, 5) is 21.9. The van der Waals surface area contributed by atoms with Crippen LogP contribution in [0.3, 0.4) is 0 Å². The first-order chi connectivity index (χ1) is 10.7. The number of carboxylic acid groups (broad SMARTS) is 1. The minimum Gasteiger partial charge on any atom is -0.478 e. The van der Waals surface area contributed by atoms with Crippen molar-refractivity contribution < 1.29 is 14.8 Å². The van der Waals surface area contributed by atoms with Gasteiger partial charge in [0.1, 0.15) is 5.69 Å². The van der Waals surface area contributed by atoms with Gasteiger partial charge >= 0.3 is 5.97 Å². The van der Waals surface area contributed by atoms with Crippen LogP contribution in [0.1, 0.15) is 36.7 Å². The van der Waals surface area contributed by atoms with E-state index in [4.69, 9.17) is 5.11 Å². The fourth-order valence-electron chi connectivity index (χ4n) is 2.14. The van der Waals surface area contributed by atoms with Gasteiger partial charge in [-0.2, -0.15) is 0 Å². The number of nitro benzene ring substituents is 1. The number of carboxylic acids is 1. The van der Waals surface area contributed by atoms with E-state index in [-0.39, 0.29) is 16.7 Å². The van der Waals surface area contributed by atoms with Gasteiger partial charge in [-0.15, -0.1) is 0 Å². The molecular weight excluding hydrogens is 296 g/mol. The van der Waals surface area contributed by atoms with E-state index in [1.807, 2.05) is 26.8 Å². The largest absolute Gasteiger partial charge is 0.478 e. The smallest absolute Gasteiger partial charge is 0.335 e. The summed E-state index contributed by atoms with van der Waals surface area (Å²) >= 11 is 0. The Morgan fingerprint density at radius 1 is 1.17 bits per heavy atom. The minimum absolute atomic E-state index is 0.0434. The Morgan fingerprint density at radius 2 is 1.87 bits per heavy atom. The number of benzene rings is 2. The fraction of sp³-hybridized carbons (Fsp3) is 0.235. The summed E-state index contributed by atoms with van der Waals surface area (Å²) in [5.74, 6) is -1.05. The third-order valence-electron chi connectivity index (χ3n) is 3.45. The van der Waals surface area contributed by atoms with E-state index < -0.39 is 10.9 Å². The second kappa shape index (κ2) is 6.08. The SMILES string of the molecule is CC(C)(C)c1ccc(Nc2cccc(C(=O)O)c2)c([N+](=O)[O-])c1. The van der Waals surface area contributed by atoms with Crippen molar-refractivity contribution in [1.29, 1.82) is 0 Å². The summed E-state index contributed by atoms with van der Waals surface area (Å²) in [7, 11) is 0. The molecule has 0 bridgehead atoms. The fourth-order valence-corrected chi connectivity index (χ4v) is 2.14. The van der Waals surface area contributed by atoms with Crippen molar-refractivity contribution in [3.05, 3.63) is 63.7 Å². The van der Waals surface area contributed by atoms with Crippen molar-refractivity contribution in [3.8, 4) is 0 Å². The van der Waals surface area contributed by atoms with Crippen LogP contribution in [0.15, 0.2) is 42.5 Å². The van der Waals surface area contributed by atoms with Crippen LogP contribution < -0.4 is 5.32 Å². The van der Waals surface area contributed by atoms with Gasteiger partial charge in [-0.05, 0) is 35.2 Å². The second-order valence-corrected chi connectivity index (χ2v) is 6.25. The van der Waals surface area contributed by atoms with Crippen LogP contribution in [0.4, 0.5) is 17.1 Å². The molecule has 6 nitrogen and oxygen atoms in total. The molecule has 0 aliphatic rings. The number of nitrogens with zero attached hydrogens (tertiary/aromatic N) is 1. The summed E-state index contributed by atoms with van der Waals surface area (Å²) in [5.41, 5.74) is 1.53. The number of hydrogen-bond acceptors (Lipinski definition) is 4. The average molecular weight is 314 g/mol. The van der Waals surface area contributed by atoms with E-state index in [0.717, 1.165) is 5.56 Å². The zero-order valence-electron chi connectivity index (χ0n) is 13.2. The molecule has 2 N–H and O–H groups in total. The first-order valence-electron chi connectivity index (χ1n) is 7.08. The molecule has 2 aromatic rings. The molecule has 0 aliphatic carbocycles. The monoisotopic (exact) mass is 314 g/mol. The highest BCUT2D eigenvalue weighted by atomic mass is 16.6. The summed E-state index contributed by atoms with van der Waals surface area (Å²) in [6.07, 6.45) is 0. The Bertz CT molecular complexity index is 763. The Kier molecular flexibility index (Phi) is 4.36. The Hall–Kier alpha value is -2.89. The molecule has 0 spiro atoms. The van der Waals surface area contributed by atoms with Gasteiger partial charge in [0.25, 0.3) is 5.69 Å². The molecule has 0 heterocycles. The van der Waals surface area contributed by atoms with E-state index in [0.29, 0.717) is 11.4 Å². The van der Waals surface area contributed by atoms with Gasteiger partial charge in [0.05, 0.1) is 10.5 Å². The highest BCUT2D eigenvalue weighted by Crippen LogP contribution is 2.33. The Balaban J connectivity index is 2.42. The van der Waals surface area contributed by atoms with Gasteiger partial charge in [-0.25, -0.2) is 4.79 Å². The number of nitro groups is 1. The van der Waals surface area contributed by atoms with Crippen LogP contribution in [0.5, 0.6) is 0 Å². The molecule has 0 unspecified atom stereocenters. The van der Waals surface area contributed by atoms with Crippen molar-refractivity contribution >= 4 is 23.0 Å². The predicted octanol–water partition coefficient (Wildman–Crippen LogP) is 4.33. The van der Waals surface area contributed by atoms with Gasteiger partial charge in [-0.1, -0.05) is 32.9 Å². The van der Waals surface area contributed by atoms with Crippen molar-refractivity contribution in [2.75, 3.05) is 5.32 Å². The maximum atomic E-state index is 11.3. The van der Waals surface area contributed by atoms with E-state index in [2.05, 4.69) is 5.32 Å². The summed E-state index contributed by atoms with van der Waals surface area (Å²) in [5, 5.41) is 23.3. The zero-order chi connectivity index (χ0) is 17.2. The highest BCUT2D eigenvalue weighted by Gasteiger charge is 2.21. The molecule has 23 heavy (non-hydrogen) atoms. The van der Waals surface area contributed by atoms with E-state index in [1.54, 1.807) is 24.3 Å². The Morgan fingerprint density at radius 3 is 2.43 bits per heavy atom. The molecule has 120 valence electrons. The lowest BCUT2D eigenvalue weighted by Gasteiger charge is -2.19. The third-order valence-corrected chi connectivity index (χ3v) is 3.45. The molecule has 0 aromatic heterocycles. The molecule has 0 saturated carbocycles. The standard InChI is InChI=1S/C17H18N2O4/c1-17(2,3)12-7-8-14(15(10-12)19(22)23)18-13-6-4-5-11(9-13)16(20)21/h4-10,18H,1-3H3,(H,20,21). The number of aromatic carboxylic acids is 1. The van der Waals surface area contributed by atoms with Crippen LogP contribution in [0, 0.1) is 10.1 Å². The number of hydrogen-bond donors (Lipinski definition) is 2. The zero-order valence-corrected chi connectivity index (χ0v) is 13.2. The minimum atomic E-state index is -1.05. The maximum Gasteiger partial charge on any atom is 0.335 e. The van der Waals surface area contributed by atoms with Crippen molar-refractivity contribution in [2.45, 2.75) is 26.2 Å². The van der Waals surface area contributed by atoms with Gasteiger partial charge in [0, 0.05) is 11.8 Å². The van der Waals surface area contributed by atoms with Gasteiger partial charge < -0.3 is 10.4 Å². The molecule has 0 atom stereocenters. The van der Waals surface area contributed by atoms with Crippen molar-refractivity contribution in [2.24, 2.45) is 0 Å². The lowest BCUT2D eigenvalue weighted by atomic mass is 9.86. The molecule has 0 radical (unpaired) electrons. The third kappa shape index (κ3) is 3.85. The van der Waals surface area contributed by atoms with Crippen molar-refractivity contribution in [1.82, 2.24) is 0 Å². The quantitative estimate of drug-likeness (QED) is 0.647. The predicted molar refractivity (Wildman–Crippen MR) is 88.5 cm³/mol. The molecule has 2 rings (SSSR count). The first-order valence-corrected chi connectivity index (χ1v) is 7.08. The lowest BCUT2D eigenvalue weighted by molar-refractivity contribution is -0.384. The number of rotatable bonds is 4. The highest BCUT2D eigenvalue weighted by molar-refractivity contribution is 5.89. The normalized spacial score (nSPS) is 11.1. The molecule has 6 heteroatoms. The molecule has 2 aromatic carbocycles. The van der Waals surface area contributed by atoms with Crippen LogP contribution in [-0.4, -0.2) is 16.0 Å². The van der Waals surface area contributed by atoms with Crippen LogP contribution in [0.25, 0.3) is 0 Å². The molecule has 0 aliphatic heterocycles. The summed E-state index contributed by atoms with van der Waals surface area (Å²) in [6.45, 7) is 5.94. The topological polar surface area (TPSA) is 92.5 Å². The van der Waals surface area contributed by atoms with Crippen molar-refractivity contribution in [3.63, 3.8) is 0 Å². The van der Waals surface area contributed by atoms with Crippen LogP contribution >= 0.6 is 0 Å². The Labute approximate surface area is 133 Å². The summed E-state index contributed by atoms with van der Waals surface area (Å²) < 4.78 is 0. The summed E-state index contributed by atoms with van der Waals surface area (Å²) in [6, 6.07) is 11.2. The maximum absolute atomic E-state index is 11.3. The molecule has 0 amide bonds. The van der Waals surface area contributed by atoms with Gasteiger partial charge in [0.2, 0.25) is 0 Å². The van der Waals surface area contributed by atoms with Gasteiger partial charge in [-0.3, -0.25) is 10.1 Å². The molecule has 0 fully saturated rings.